The van der Waals surface area contributed by atoms with Crippen molar-refractivity contribution in [2.24, 2.45) is 0 Å². The molecule has 0 aromatic heterocycles. The first-order valence-electron chi connectivity index (χ1n) is 11.3. The van der Waals surface area contributed by atoms with Crippen LogP contribution in [0, 0.1) is 0 Å². The summed E-state index contributed by atoms with van der Waals surface area (Å²) in [5, 5.41) is 1.15. The van der Waals surface area contributed by atoms with Crippen LogP contribution in [0.2, 0.25) is 10.0 Å². The maximum atomic E-state index is 11.9. The summed E-state index contributed by atoms with van der Waals surface area (Å²) in [6.07, 6.45) is 4.16. The maximum Gasteiger partial charge on any atom is 0.150 e. The van der Waals surface area contributed by atoms with Gasteiger partial charge < -0.3 is 9.64 Å². The first kappa shape index (κ1) is 25.4. The van der Waals surface area contributed by atoms with E-state index in [1.54, 1.807) is 0 Å². The zero-order chi connectivity index (χ0) is 23.3. The number of nitrogens with zero attached hydrogens (tertiary/aromatic N) is 1. The predicted octanol–water partition coefficient (Wildman–Crippen LogP) is 5.79. The molecule has 0 N–H and O–H groups in total. The van der Waals surface area contributed by atoms with Crippen molar-refractivity contribution >= 4 is 33.0 Å². The highest BCUT2D eigenvalue weighted by Gasteiger charge is 2.31. The molecule has 0 saturated carbocycles. The Morgan fingerprint density at radius 1 is 1.06 bits per heavy atom. The van der Waals surface area contributed by atoms with Crippen LogP contribution in [0.3, 0.4) is 0 Å². The summed E-state index contributed by atoms with van der Waals surface area (Å²) in [5.41, 5.74) is 3.82. The van der Waals surface area contributed by atoms with E-state index in [0.717, 1.165) is 30.6 Å². The van der Waals surface area contributed by atoms with Crippen molar-refractivity contribution in [1.29, 1.82) is 0 Å². The minimum Gasteiger partial charge on any atom is -0.494 e. The second-order valence-corrected chi connectivity index (χ2v) is 12.0. The second-order valence-electron chi connectivity index (χ2n) is 8.84. The molecule has 0 saturated heterocycles. The molecule has 0 radical (unpaired) electrons. The van der Waals surface area contributed by atoms with Gasteiger partial charge in [0, 0.05) is 17.7 Å². The zero-order valence-corrected chi connectivity index (χ0v) is 21.4. The van der Waals surface area contributed by atoms with Gasteiger partial charge in [-0.25, -0.2) is 8.42 Å². The minimum atomic E-state index is -2.97. The number of hydrogen-bond acceptors (Lipinski definition) is 4. The van der Waals surface area contributed by atoms with Gasteiger partial charge in [0.05, 0.1) is 22.4 Å². The molecule has 0 aliphatic heterocycles. The first-order chi connectivity index (χ1) is 15.2. The van der Waals surface area contributed by atoms with Crippen LogP contribution in [0.15, 0.2) is 36.4 Å². The molecular weight excluding hydrogens is 465 g/mol. The number of rotatable bonds is 10. The fourth-order valence-electron chi connectivity index (χ4n) is 4.61. The van der Waals surface area contributed by atoms with Crippen LogP contribution in [0.4, 0.5) is 0 Å². The molecule has 0 bridgehead atoms. The Labute approximate surface area is 202 Å². The summed E-state index contributed by atoms with van der Waals surface area (Å²) >= 11 is 12.4. The molecule has 0 fully saturated rings. The van der Waals surface area contributed by atoms with E-state index < -0.39 is 9.84 Å². The number of fused-ring (bicyclic) bond motifs is 1. The van der Waals surface area contributed by atoms with Gasteiger partial charge in [0.15, 0.2) is 0 Å². The Morgan fingerprint density at radius 3 is 2.53 bits per heavy atom. The summed E-state index contributed by atoms with van der Waals surface area (Å²) in [6, 6.07) is 12.6. The third-order valence-electron chi connectivity index (χ3n) is 6.18. The van der Waals surface area contributed by atoms with E-state index in [1.807, 2.05) is 31.2 Å². The third-order valence-corrected chi connectivity index (χ3v) is 8.86. The van der Waals surface area contributed by atoms with E-state index in [-0.39, 0.29) is 11.5 Å². The Morgan fingerprint density at radius 2 is 1.84 bits per heavy atom. The van der Waals surface area contributed by atoms with Gasteiger partial charge in [-0.05, 0) is 87.2 Å². The lowest BCUT2D eigenvalue weighted by Crippen LogP contribution is -2.38. The average Bonchev–Trinajstić information content (AvgIpc) is 2.74. The van der Waals surface area contributed by atoms with Gasteiger partial charge in [-0.15, -0.1) is 0 Å². The van der Waals surface area contributed by atoms with Gasteiger partial charge >= 0.3 is 0 Å². The number of benzene rings is 2. The molecule has 2 atom stereocenters. The van der Waals surface area contributed by atoms with Crippen LogP contribution in [-0.2, 0) is 22.7 Å². The van der Waals surface area contributed by atoms with Crippen molar-refractivity contribution in [3.8, 4) is 5.75 Å². The van der Waals surface area contributed by atoms with Gasteiger partial charge in [-0.3, -0.25) is 0 Å². The highest BCUT2D eigenvalue weighted by atomic mass is 35.5. The largest absolute Gasteiger partial charge is 0.494 e. The van der Waals surface area contributed by atoms with Crippen molar-refractivity contribution in [3.63, 3.8) is 0 Å². The number of aryl methyl sites for hydroxylation is 1. The summed E-state index contributed by atoms with van der Waals surface area (Å²) in [6.45, 7) is 2.28. The van der Waals surface area contributed by atoms with Gasteiger partial charge in [0.1, 0.15) is 15.6 Å². The third kappa shape index (κ3) is 6.63. The number of hydrogen-bond donors (Lipinski definition) is 0. The molecule has 0 spiro atoms. The maximum absolute atomic E-state index is 11.9. The van der Waals surface area contributed by atoms with Crippen molar-refractivity contribution in [3.05, 3.63) is 63.1 Å². The Bertz CT molecular complexity index is 1020. The van der Waals surface area contributed by atoms with Crippen molar-refractivity contribution in [1.82, 2.24) is 4.90 Å². The van der Waals surface area contributed by atoms with Crippen LogP contribution >= 0.6 is 23.2 Å². The van der Waals surface area contributed by atoms with E-state index in [1.165, 1.54) is 11.1 Å². The van der Waals surface area contributed by atoms with E-state index in [4.69, 9.17) is 27.9 Å². The van der Waals surface area contributed by atoms with Crippen LogP contribution in [0.1, 0.15) is 48.8 Å². The summed E-state index contributed by atoms with van der Waals surface area (Å²) in [7, 11) is 1.29. The lowest BCUT2D eigenvalue weighted by Gasteiger charge is -2.38. The van der Waals surface area contributed by atoms with Gasteiger partial charge in [0.2, 0.25) is 0 Å². The summed E-state index contributed by atoms with van der Waals surface area (Å²) in [5.74, 6) is 1.53. The predicted molar refractivity (Wildman–Crippen MR) is 134 cm³/mol. The van der Waals surface area contributed by atoms with Gasteiger partial charge in [-0.2, -0.15) is 0 Å². The molecule has 2 unspecified atom stereocenters. The average molecular weight is 499 g/mol. The molecule has 3 rings (SSSR count). The monoisotopic (exact) mass is 497 g/mol. The van der Waals surface area contributed by atoms with Crippen LogP contribution in [0.25, 0.3) is 0 Å². The fourth-order valence-corrected chi connectivity index (χ4v) is 6.32. The summed E-state index contributed by atoms with van der Waals surface area (Å²) < 4.78 is 29.8. The van der Waals surface area contributed by atoms with E-state index in [9.17, 15) is 8.42 Å². The highest BCUT2D eigenvalue weighted by Crippen LogP contribution is 2.39. The van der Waals surface area contributed by atoms with Crippen LogP contribution in [-0.4, -0.2) is 51.6 Å². The molecule has 7 heteroatoms. The van der Waals surface area contributed by atoms with Crippen LogP contribution < -0.4 is 4.74 Å². The zero-order valence-electron chi connectivity index (χ0n) is 19.1. The molecule has 176 valence electrons. The number of halogens is 2. The molecule has 2 aromatic rings. The normalized spacial score (nSPS) is 18.6. The highest BCUT2D eigenvalue weighted by molar-refractivity contribution is 7.91. The van der Waals surface area contributed by atoms with E-state index in [2.05, 4.69) is 31.1 Å². The van der Waals surface area contributed by atoms with E-state index in [0.29, 0.717) is 41.5 Å². The molecule has 4 nitrogen and oxygen atoms in total. The molecule has 0 heterocycles. The Kier molecular flexibility index (Phi) is 8.90. The molecule has 32 heavy (non-hydrogen) atoms. The first-order valence-corrected chi connectivity index (χ1v) is 13.8. The van der Waals surface area contributed by atoms with Crippen molar-refractivity contribution in [2.75, 3.05) is 32.2 Å². The number of sulfone groups is 1. The quantitative estimate of drug-likeness (QED) is 0.389. The van der Waals surface area contributed by atoms with Crippen molar-refractivity contribution in [2.45, 2.75) is 51.0 Å². The molecule has 2 aromatic carbocycles. The van der Waals surface area contributed by atoms with Crippen LogP contribution in [0.5, 0.6) is 5.75 Å². The van der Waals surface area contributed by atoms with E-state index >= 15 is 0 Å². The Hall–Kier alpha value is -1.27. The second kappa shape index (κ2) is 11.2. The topological polar surface area (TPSA) is 46.6 Å². The van der Waals surface area contributed by atoms with Gasteiger partial charge in [-0.1, -0.05) is 42.3 Å². The van der Waals surface area contributed by atoms with Crippen molar-refractivity contribution < 1.29 is 13.2 Å². The SMILES string of the molecule is CCCS(=O)(=O)CCCOc1ccc2c(c1)C(Cc1ccc(Cl)c(Cl)c1)C(N(C)C)CC2. The lowest BCUT2D eigenvalue weighted by molar-refractivity contribution is 0.226. The fraction of sp³-hybridized carbons (Fsp3) is 0.520. The van der Waals surface area contributed by atoms with Gasteiger partial charge in [0.25, 0.3) is 0 Å². The standard InChI is InChI=1S/C25H33Cl2NO3S/c1-4-13-32(29,30)14-5-12-31-20-9-7-19-8-11-25(28(2)3)22(21(19)17-20)15-18-6-10-23(26)24(27)16-18/h6-7,9-10,16-17,22,25H,4-5,8,11-15H2,1-3H3. The Balaban J connectivity index is 1.77. The number of likely N-dealkylation sites (N-methyl/N-ethyl adjacent to an activating group) is 1. The molecule has 1 aliphatic carbocycles. The molecule has 1 aliphatic rings. The smallest absolute Gasteiger partial charge is 0.150 e. The molecule has 0 amide bonds. The number of ether oxygens (including phenoxy) is 1. The minimum absolute atomic E-state index is 0.175. The lowest BCUT2D eigenvalue weighted by atomic mass is 9.75. The summed E-state index contributed by atoms with van der Waals surface area (Å²) in [4.78, 5) is 2.30. The molecular formula is C25H33Cl2NO3S.